The molecule has 2 aromatic rings. The molecule has 1 atom stereocenters. The van der Waals surface area contributed by atoms with E-state index in [0.717, 1.165) is 6.54 Å². The van der Waals surface area contributed by atoms with Gasteiger partial charge in [0.15, 0.2) is 0 Å². The zero-order valence-corrected chi connectivity index (χ0v) is 13.3. The van der Waals surface area contributed by atoms with Gasteiger partial charge in [-0.15, -0.1) is 11.3 Å². The molecule has 2 aromatic heterocycles. The molecule has 0 saturated carbocycles. The monoisotopic (exact) mass is 289 g/mol. The molecule has 0 bridgehead atoms. The second kappa shape index (κ2) is 5.34. The van der Waals surface area contributed by atoms with Crippen LogP contribution < -0.4 is 5.32 Å². The number of rotatable bonds is 3. The SMILES string of the molecule is CC(C)(C)n1cc(CNC2CCCc3sccc32)cn1. The Morgan fingerprint density at radius 3 is 3.05 bits per heavy atom. The molecule has 3 rings (SSSR count). The van der Waals surface area contributed by atoms with Gasteiger partial charge in [0.05, 0.1) is 11.7 Å². The van der Waals surface area contributed by atoms with E-state index in [2.05, 4.69) is 48.8 Å². The molecule has 3 nitrogen and oxygen atoms in total. The normalized spacial score (nSPS) is 19.1. The van der Waals surface area contributed by atoms with Gasteiger partial charge < -0.3 is 5.32 Å². The lowest BCUT2D eigenvalue weighted by molar-refractivity contribution is 0.355. The number of thiophene rings is 1. The minimum Gasteiger partial charge on any atom is -0.306 e. The van der Waals surface area contributed by atoms with Crippen LogP contribution >= 0.6 is 11.3 Å². The van der Waals surface area contributed by atoms with Crippen molar-refractivity contribution in [1.29, 1.82) is 0 Å². The van der Waals surface area contributed by atoms with Gasteiger partial charge in [-0.3, -0.25) is 4.68 Å². The zero-order valence-electron chi connectivity index (χ0n) is 12.5. The summed E-state index contributed by atoms with van der Waals surface area (Å²) in [7, 11) is 0. The van der Waals surface area contributed by atoms with E-state index < -0.39 is 0 Å². The van der Waals surface area contributed by atoms with Crippen molar-refractivity contribution in [3.8, 4) is 0 Å². The Morgan fingerprint density at radius 1 is 1.45 bits per heavy atom. The molecule has 1 aliphatic carbocycles. The Kier molecular flexibility index (Phi) is 3.69. The molecule has 4 heteroatoms. The van der Waals surface area contributed by atoms with Crippen molar-refractivity contribution in [3.63, 3.8) is 0 Å². The molecule has 0 fully saturated rings. The summed E-state index contributed by atoms with van der Waals surface area (Å²) >= 11 is 1.90. The maximum absolute atomic E-state index is 4.46. The van der Waals surface area contributed by atoms with E-state index >= 15 is 0 Å². The van der Waals surface area contributed by atoms with Crippen molar-refractivity contribution in [1.82, 2.24) is 15.1 Å². The van der Waals surface area contributed by atoms with E-state index in [1.165, 1.54) is 30.4 Å². The van der Waals surface area contributed by atoms with Gasteiger partial charge in [-0.2, -0.15) is 5.10 Å². The molecule has 0 radical (unpaired) electrons. The lowest BCUT2D eigenvalue weighted by Gasteiger charge is -2.23. The first-order valence-electron chi connectivity index (χ1n) is 7.38. The van der Waals surface area contributed by atoms with Crippen molar-refractivity contribution in [3.05, 3.63) is 39.8 Å². The summed E-state index contributed by atoms with van der Waals surface area (Å²) in [6.07, 6.45) is 7.94. The molecular weight excluding hydrogens is 266 g/mol. The zero-order chi connectivity index (χ0) is 14.2. The first kappa shape index (κ1) is 13.8. The molecule has 0 saturated heterocycles. The summed E-state index contributed by atoms with van der Waals surface area (Å²) in [5, 5.41) is 10.4. The fourth-order valence-electron chi connectivity index (χ4n) is 2.76. The van der Waals surface area contributed by atoms with Crippen LogP contribution in [0.15, 0.2) is 23.8 Å². The molecule has 0 aromatic carbocycles. The Bertz CT molecular complexity index is 577. The number of nitrogens with zero attached hydrogens (tertiary/aromatic N) is 2. The van der Waals surface area contributed by atoms with Gasteiger partial charge >= 0.3 is 0 Å². The number of aryl methyl sites for hydroxylation is 1. The van der Waals surface area contributed by atoms with Crippen molar-refractivity contribution in [2.75, 3.05) is 0 Å². The average molecular weight is 289 g/mol. The summed E-state index contributed by atoms with van der Waals surface area (Å²) in [6.45, 7) is 7.43. The van der Waals surface area contributed by atoms with E-state index in [1.807, 2.05) is 22.2 Å². The van der Waals surface area contributed by atoms with Crippen LogP contribution in [0.2, 0.25) is 0 Å². The number of hydrogen-bond donors (Lipinski definition) is 1. The van der Waals surface area contributed by atoms with E-state index in [0.29, 0.717) is 6.04 Å². The van der Waals surface area contributed by atoms with Gasteiger partial charge in [-0.25, -0.2) is 0 Å². The Morgan fingerprint density at radius 2 is 2.30 bits per heavy atom. The number of aromatic nitrogens is 2. The molecular formula is C16H23N3S. The largest absolute Gasteiger partial charge is 0.306 e. The van der Waals surface area contributed by atoms with Gasteiger partial charge in [0, 0.05) is 29.2 Å². The smallest absolute Gasteiger partial charge is 0.0543 e. The second-order valence-electron chi connectivity index (χ2n) is 6.59. The van der Waals surface area contributed by atoms with Crippen LogP contribution in [0, 0.1) is 0 Å². The van der Waals surface area contributed by atoms with E-state index in [4.69, 9.17) is 0 Å². The molecule has 0 spiro atoms. The molecule has 2 heterocycles. The standard InChI is InChI=1S/C16H23N3S/c1-16(2,3)19-11-12(10-18-19)9-17-14-5-4-6-15-13(14)7-8-20-15/h7-8,10-11,14,17H,4-6,9H2,1-3H3. The van der Waals surface area contributed by atoms with Crippen molar-refractivity contribution < 1.29 is 0 Å². The van der Waals surface area contributed by atoms with Crippen LogP contribution in [0.4, 0.5) is 0 Å². The predicted molar refractivity (Wildman–Crippen MR) is 84.1 cm³/mol. The highest BCUT2D eigenvalue weighted by Crippen LogP contribution is 2.33. The lowest BCUT2D eigenvalue weighted by Crippen LogP contribution is -2.24. The molecule has 20 heavy (non-hydrogen) atoms. The van der Waals surface area contributed by atoms with Crippen LogP contribution in [0.1, 0.15) is 55.7 Å². The van der Waals surface area contributed by atoms with Crippen LogP contribution in [0.5, 0.6) is 0 Å². The number of nitrogens with one attached hydrogen (secondary N) is 1. The Hall–Kier alpha value is -1.13. The average Bonchev–Trinajstić information content (AvgIpc) is 3.04. The van der Waals surface area contributed by atoms with Gasteiger partial charge in [-0.05, 0) is 57.0 Å². The number of fused-ring (bicyclic) bond motifs is 1. The fraction of sp³-hybridized carbons (Fsp3) is 0.562. The minimum atomic E-state index is 0.0591. The van der Waals surface area contributed by atoms with Gasteiger partial charge in [0.1, 0.15) is 0 Å². The summed E-state index contributed by atoms with van der Waals surface area (Å²) in [5.74, 6) is 0. The highest BCUT2D eigenvalue weighted by Gasteiger charge is 2.21. The maximum Gasteiger partial charge on any atom is 0.0543 e. The summed E-state index contributed by atoms with van der Waals surface area (Å²) < 4.78 is 2.04. The van der Waals surface area contributed by atoms with E-state index in [-0.39, 0.29) is 5.54 Å². The summed E-state index contributed by atoms with van der Waals surface area (Å²) in [6, 6.07) is 2.80. The Balaban J connectivity index is 1.65. The highest BCUT2D eigenvalue weighted by atomic mass is 32.1. The topological polar surface area (TPSA) is 29.9 Å². The molecule has 1 unspecified atom stereocenters. The van der Waals surface area contributed by atoms with Crippen LogP contribution in [-0.4, -0.2) is 9.78 Å². The van der Waals surface area contributed by atoms with Gasteiger partial charge in [0.25, 0.3) is 0 Å². The first-order chi connectivity index (χ1) is 9.54. The van der Waals surface area contributed by atoms with Crippen LogP contribution in [0.3, 0.4) is 0 Å². The quantitative estimate of drug-likeness (QED) is 0.929. The van der Waals surface area contributed by atoms with Crippen molar-refractivity contribution in [2.24, 2.45) is 0 Å². The molecule has 108 valence electrons. The third-order valence-electron chi connectivity index (χ3n) is 3.93. The Labute approximate surface area is 125 Å². The molecule has 0 aliphatic heterocycles. The molecule has 1 N–H and O–H groups in total. The van der Waals surface area contributed by atoms with Crippen LogP contribution in [-0.2, 0) is 18.5 Å². The van der Waals surface area contributed by atoms with Crippen LogP contribution in [0.25, 0.3) is 0 Å². The summed E-state index contributed by atoms with van der Waals surface area (Å²) in [4.78, 5) is 1.57. The molecule has 1 aliphatic rings. The minimum absolute atomic E-state index is 0.0591. The summed E-state index contributed by atoms with van der Waals surface area (Å²) in [5.41, 5.74) is 2.84. The third-order valence-corrected chi connectivity index (χ3v) is 4.92. The fourth-order valence-corrected chi connectivity index (χ4v) is 3.75. The number of hydrogen-bond acceptors (Lipinski definition) is 3. The highest BCUT2D eigenvalue weighted by molar-refractivity contribution is 7.10. The third kappa shape index (κ3) is 2.81. The predicted octanol–water partition coefficient (Wildman–Crippen LogP) is 3.87. The van der Waals surface area contributed by atoms with Crippen molar-refractivity contribution >= 4 is 11.3 Å². The van der Waals surface area contributed by atoms with E-state index in [1.54, 1.807) is 4.88 Å². The first-order valence-corrected chi connectivity index (χ1v) is 8.26. The van der Waals surface area contributed by atoms with Gasteiger partial charge in [0.2, 0.25) is 0 Å². The van der Waals surface area contributed by atoms with Crippen molar-refractivity contribution in [2.45, 2.75) is 58.2 Å². The van der Waals surface area contributed by atoms with Gasteiger partial charge in [-0.1, -0.05) is 0 Å². The maximum atomic E-state index is 4.46. The molecule has 0 amide bonds. The van der Waals surface area contributed by atoms with E-state index in [9.17, 15) is 0 Å². The lowest BCUT2D eigenvalue weighted by atomic mass is 9.94. The second-order valence-corrected chi connectivity index (χ2v) is 7.59.